The molecular weight excluding hydrogens is 254 g/mol. The Kier molecular flexibility index (Phi) is 4.84. The van der Waals surface area contributed by atoms with Crippen LogP contribution in [0.1, 0.15) is 25.7 Å². The number of nitrogens with one attached hydrogen (secondary N) is 1. The number of anilines is 1. The number of carbonyl (C=O) groups excluding carboxylic acids is 1. The van der Waals surface area contributed by atoms with E-state index in [1.807, 2.05) is 31.3 Å². The maximum atomic E-state index is 12.2. The molecule has 0 aromatic heterocycles. The molecule has 1 fully saturated rings. The number of carbonyl (C=O) groups is 1. The summed E-state index contributed by atoms with van der Waals surface area (Å²) in [5.41, 5.74) is 6.64. The van der Waals surface area contributed by atoms with Crippen LogP contribution in [0.25, 0.3) is 0 Å². The van der Waals surface area contributed by atoms with Crippen LogP contribution in [0, 0.1) is 0 Å². The van der Waals surface area contributed by atoms with E-state index in [1.54, 1.807) is 12.0 Å². The minimum absolute atomic E-state index is 0.0845. The van der Waals surface area contributed by atoms with E-state index in [0.29, 0.717) is 6.04 Å². The van der Waals surface area contributed by atoms with E-state index in [0.717, 1.165) is 37.1 Å². The molecule has 3 N–H and O–H groups in total. The minimum Gasteiger partial charge on any atom is -0.497 e. The average molecular weight is 277 g/mol. The van der Waals surface area contributed by atoms with E-state index in [9.17, 15) is 4.79 Å². The van der Waals surface area contributed by atoms with Crippen LogP contribution in [0.15, 0.2) is 24.3 Å². The van der Waals surface area contributed by atoms with Gasteiger partial charge in [0.25, 0.3) is 0 Å². The van der Waals surface area contributed by atoms with Crippen LogP contribution in [-0.2, 0) is 0 Å². The molecule has 1 saturated carbocycles. The summed E-state index contributed by atoms with van der Waals surface area (Å²) >= 11 is 0. The van der Waals surface area contributed by atoms with E-state index in [2.05, 4.69) is 5.32 Å². The van der Waals surface area contributed by atoms with Crippen LogP contribution < -0.4 is 15.8 Å². The van der Waals surface area contributed by atoms with Crippen molar-refractivity contribution in [2.45, 2.75) is 37.8 Å². The molecule has 2 rings (SSSR count). The van der Waals surface area contributed by atoms with Gasteiger partial charge >= 0.3 is 6.03 Å². The van der Waals surface area contributed by atoms with Gasteiger partial charge in [-0.3, -0.25) is 0 Å². The number of amides is 2. The third-order valence-electron chi connectivity index (χ3n) is 3.93. The highest BCUT2D eigenvalue weighted by atomic mass is 16.5. The van der Waals surface area contributed by atoms with E-state index < -0.39 is 0 Å². The zero-order chi connectivity index (χ0) is 14.5. The molecule has 5 heteroatoms. The molecular formula is C15H23N3O2. The molecule has 1 aromatic rings. The third-order valence-corrected chi connectivity index (χ3v) is 3.93. The molecule has 2 amide bonds. The minimum atomic E-state index is -0.0845. The van der Waals surface area contributed by atoms with Crippen LogP contribution in [-0.4, -0.2) is 37.2 Å². The number of nitrogens with two attached hydrogens (primary N) is 1. The normalized spacial score (nSPS) is 22.1. The highest BCUT2D eigenvalue weighted by Crippen LogP contribution is 2.22. The van der Waals surface area contributed by atoms with Crippen molar-refractivity contribution >= 4 is 11.7 Å². The van der Waals surface area contributed by atoms with Crippen molar-refractivity contribution in [3.8, 4) is 5.75 Å². The number of benzene rings is 1. The van der Waals surface area contributed by atoms with Gasteiger partial charge in [0, 0.05) is 30.9 Å². The van der Waals surface area contributed by atoms with Gasteiger partial charge in [0.2, 0.25) is 0 Å². The molecule has 5 nitrogen and oxygen atoms in total. The Morgan fingerprint density at radius 3 is 2.70 bits per heavy atom. The lowest BCUT2D eigenvalue weighted by Crippen LogP contribution is -2.43. The predicted octanol–water partition coefficient (Wildman–Crippen LogP) is 2.43. The summed E-state index contributed by atoms with van der Waals surface area (Å²) in [7, 11) is 3.45. The predicted molar refractivity (Wildman–Crippen MR) is 80.0 cm³/mol. The molecule has 110 valence electrons. The first-order chi connectivity index (χ1) is 9.60. The standard InChI is InChI=1S/C15H23N3O2/c1-18(13-8-6-11(16)7-9-13)15(19)17-12-4-3-5-14(10-12)20-2/h3-5,10-11,13H,6-9,16H2,1-2H3,(H,17,19). The second-order valence-corrected chi connectivity index (χ2v) is 5.34. The van der Waals surface area contributed by atoms with Crippen LogP contribution in [0.2, 0.25) is 0 Å². The second kappa shape index (κ2) is 6.61. The molecule has 0 unspecified atom stereocenters. The molecule has 0 bridgehead atoms. The SMILES string of the molecule is COc1cccc(NC(=O)N(C)C2CCC(N)CC2)c1. The fourth-order valence-corrected chi connectivity index (χ4v) is 2.57. The summed E-state index contributed by atoms with van der Waals surface area (Å²) in [5.74, 6) is 0.731. The number of rotatable bonds is 3. The topological polar surface area (TPSA) is 67.6 Å². The molecule has 0 heterocycles. The Morgan fingerprint density at radius 1 is 1.35 bits per heavy atom. The molecule has 0 atom stereocenters. The molecule has 0 radical (unpaired) electrons. The first-order valence-corrected chi connectivity index (χ1v) is 7.03. The van der Waals surface area contributed by atoms with Gasteiger partial charge in [0.15, 0.2) is 0 Å². The van der Waals surface area contributed by atoms with Gasteiger partial charge in [-0.05, 0) is 37.8 Å². The quantitative estimate of drug-likeness (QED) is 0.891. The zero-order valence-corrected chi connectivity index (χ0v) is 12.1. The average Bonchev–Trinajstić information content (AvgIpc) is 2.47. The van der Waals surface area contributed by atoms with Crippen LogP contribution in [0.5, 0.6) is 5.75 Å². The van der Waals surface area contributed by atoms with Gasteiger partial charge in [0.1, 0.15) is 5.75 Å². The number of hydrogen-bond acceptors (Lipinski definition) is 3. The Balaban J connectivity index is 1.93. The second-order valence-electron chi connectivity index (χ2n) is 5.34. The highest BCUT2D eigenvalue weighted by Gasteiger charge is 2.24. The Hall–Kier alpha value is -1.75. The van der Waals surface area contributed by atoms with Crippen molar-refractivity contribution < 1.29 is 9.53 Å². The molecule has 1 aliphatic carbocycles. The lowest BCUT2D eigenvalue weighted by molar-refractivity contribution is 0.182. The van der Waals surface area contributed by atoms with E-state index in [4.69, 9.17) is 10.5 Å². The van der Waals surface area contributed by atoms with Gasteiger partial charge in [-0.2, -0.15) is 0 Å². The number of nitrogens with zero attached hydrogens (tertiary/aromatic N) is 1. The van der Waals surface area contributed by atoms with E-state index >= 15 is 0 Å². The first kappa shape index (κ1) is 14.7. The smallest absolute Gasteiger partial charge is 0.321 e. The van der Waals surface area contributed by atoms with Gasteiger partial charge in [-0.25, -0.2) is 4.79 Å². The molecule has 0 spiro atoms. The number of ether oxygens (including phenoxy) is 1. The number of hydrogen-bond donors (Lipinski definition) is 2. The maximum absolute atomic E-state index is 12.2. The number of urea groups is 1. The Labute approximate surface area is 120 Å². The summed E-state index contributed by atoms with van der Waals surface area (Å²) in [6.07, 6.45) is 3.93. The van der Waals surface area contributed by atoms with Crippen molar-refractivity contribution in [1.29, 1.82) is 0 Å². The fraction of sp³-hybridized carbons (Fsp3) is 0.533. The van der Waals surface area contributed by atoms with Crippen molar-refractivity contribution in [3.63, 3.8) is 0 Å². The molecule has 1 aromatic carbocycles. The van der Waals surface area contributed by atoms with Gasteiger partial charge < -0.3 is 20.7 Å². The largest absolute Gasteiger partial charge is 0.497 e. The maximum Gasteiger partial charge on any atom is 0.321 e. The van der Waals surface area contributed by atoms with E-state index in [-0.39, 0.29) is 12.1 Å². The third kappa shape index (κ3) is 3.63. The molecule has 20 heavy (non-hydrogen) atoms. The van der Waals surface area contributed by atoms with Crippen LogP contribution in [0.3, 0.4) is 0 Å². The van der Waals surface area contributed by atoms with Crippen molar-refractivity contribution in [1.82, 2.24) is 4.90 Å². The summed E-state index contributed by atoms with van der Waals surface area (Å²) in [6, 6.07) is 7.85. The summed E-state index contributed by atoms with van der Waals surface area (Å²) in [5, 5.41) is 2.90. The lowest BCUT2D eigenvalue weighted by atomic mass is 9.91. The molecule has 1 aliphatic rings. The van der Waals surface area contributed by atoms with Crippen molar-refractivity contribution in [2.75, 3.05) is 19.5 Å². The monoisotopic (exact) mass is 277 g/mol. The summed E-state index contributed by atoms with van der Waals surface area (Å²) in [4.78, 5) is 14.0. The zero-order valence-electron chi connectivity index (χ0n) is 12.1. The Morgan fingerprint density at radius 2 is 2.05 bits per heavy atom. The Bertz CT molecular complexity index is 456. The lowest BCUT2D eigenvalue weighted by Gasteiger charge is -2.33. The fourth-order valence-electron chi connectivity index (χ4n) is 2.57. The van der Waals surface area contributed by atoms with Crippen molar-refractivity contribution in [3.05, 3.63) is 24.3 Å². The van der Waals surface area contributed by atoms with Gasteiger partial charge in [-0.15, -0.1) is 0 Å². The van der Waals surface area contributed by atoms with Gasteiger partial charge in [0.05, 0.1) is 7.11 Å². The van der Waals surface area contributed by atoms with E-state index in [1.165, 1.54) is 0 Å². The van der Waals surface area contributed by atoms with Crippen LogP contribution >= 0.6 is 0 Å². The molecule has 0 aliphatic heterocycles. The van der Waals surface area contributed by atoms with Crippen LogP contribution in [0.4, 0.5) is 10.5 Å². The first-order valence-electron chi connectivity index (χ1n) is 7.03. The summed E-state index contributed by atoms with van der Waals surface area (Å²) in [6.45, 7) is 0. The number of methoxy groups -OCH3 is 1. The molecule has 0 saturated heterocycles. The van der Waals surface area contributed by atoms with Crippen molar-refractivity contribution in [2.24, 2.45) is 5.73 Å². The summed E-state index contributed by atoms with van der Waals surface area (Å²) < 4.78 is 5.15. The van der Waals surface area contributed by atoms with Gasteiger partial charge in [-0.1, -0.05) is 6.07 Å². The highest BCUT2D eigenvalue weighted by molar-refractivity contribution is 5.89.